The third-order valence-electron chi connectivity index (χ3n) is 2.45. The first-order valence-corrected chi connectivity index (χ1v) is 4.91. The molecule has 1 atom stereocenters. The van der Waals surface area contributed by atoms with Crippen LogP contribution in [0.3, 0.4) is 0 Å². The molecule has 1 saturated heterocycles. The minimum Gasteiger partial charge on any atom is -0.339 e. The highest BCUT2D eigenvalue weighted by Crippen LogP contribution is 2.02. The zero-order valence-electron chi connectivity index (χ0n) is 7.90. The number of likely N-dealkylation sites (N-methyl/N-ethyl adjacent to an activating group) is 1. The van der Waals surface area contributed by atoms with Crippen molar-refractivity contribution in [3.63, 3.8) is 0 Å². The van der Waals surface area contributed by atoms with Gasteiger partial charge >= 0.3 is 0 Å². The number of nitrogens with two attached hydrogens (primary N) is 1. The molecule has 1 aliphatic heterocycles. The molecule has 11 heavy (non-hydrogen) atoms. The van der Waals surface area contributed by atoms with E-state index in [1.165, 1.54) is 38.8 Å². The lowest BCUT2D eigenvalue weighted by atomic mass is 10.1. The van der Waals surface area contributed by atoms with Gasteiger partial charge in [-0.2, -0.15) is 0 Å². The molecule has 0 aliphatic carbocycles. The summed E-state index contributed by atoms with van der Waals surface area (Å²) in [6.45, 7) is 2.69. The van der Waals surface area contributed by atoms with E-state index in [4.69, 9.17) is 0 Å². The van der Waals surface area contributed by atoms with Gasteiger partial charge in [0.2, 0.25) is 0 Å². The van der Waals surface area contributed by atoms with E-state index in [1.54, 1.807) is 4.90 Å². The molecule has 0 spiro atoms. The summed E-state index contributed by atoms with van der Waals surface area (Å²) in [7, 11) is 4.50. The van der Waals surface area contributed by atoms with Crippen LogP contribution in [0, 0.1) is 0 Å². The molecular formula is C9H22N2+2. The van der Waals surface area contributed by atoms with Gasteiger partial charge in [0.05, 0.1) is 20.6 Å². The van der Waals surface area contributed by atoms with Gasteiger partial charge in [0.15, 0.2) is 0 Å². The fraction of sp³-hybridized carbons (Fsp3) is 1.00. The molecule has 0 bridgehead atoms. The van der Waals surface area contributed by atoms with Crippen molar-refractivity contribution in [1.82, 2.24) is 0 Å². The lowest BCUT2D eigenvalue weighted by Gasteiger charge is -2.14. The third kappa shape index (κ3) is 3.73. The molecule has 1 fully saturated rings. The Hall–Kier alpha value is -0.0800. The Balaban J connectivity index is 2.20. The summed E-state index contributed by atoms with van der Waals surface area (Å²) in [5.74, 6) is 0. The van der Waals surface area contributed by atoms with Crippen LogP contribution in [0.15, 0.2) is 0 Å². The van der Waals surface area contributed by atoms with Gasteiger partial charge in [-0.3, -0.25) is 0 Å². The predicted octanol–water partition coefficient (Wildman–Crippen LogP) is -1.36. The van der Waals surface area contributed by atoms with Gasteiger partial charge in [0.25, 0.3) is 0 Å². The van der Waals surface area contributed by atoms with Gasteiger partial charge in [-0.1, -0.05) is 0 Å². The Morgan fingerprint density at radius 2 is 2.09 bits per heavy atom. The van der Waals surface area contributed by atoms with E-state index in [1.807, 2.05) is 0 Å². The highest BCUT2D eigenvalue weighted by Gasteiger charge is 2.16. The van der Waals surface area contributed by atoms with Crippen molar-refractivity contribution in [2.45, 2.75) is 31.7 Å². The average molecular weight is 158 g/mol. The van der Waals surface area contributed by atoms with Crippen molar-refractivity contribution in [2.24, 2.45) is 0 Å². The number of hydrogen-bond acceptors (Lipinski definition) is 0. The molecule has 1 aliphatic rings. The zero-order valence-corrected chi connectivity index (χ0v) is 7.90. The molecule has 0 radical (unpaired) electrons. The van der Waals surface area contributed by atoms with Crippen LogP contribution in [0.25, 0.3) is 0 Å². The van der Waals surface area contributed by atoms with E-state index in [0.717, 1.165) is 6.04 Å². The van der Waals surface area contributed by atoms with E-state index >= 15 is 0 Å². The van der Waals surface area contributed by atoms with Gasteiger partial charge < -0.3 is 10.2 Å². The Bertz CT molecular complexity index is 93.7. The van der Waals surface area contributed by atoms with E-state index in [-0.39, 0.29) is 0 Å². The smallest absolute Gasteiger partial charge is 0.135 e. The quantitative estimate of drug-likeness (QED) is 0.495. The van der Waals surface area contributed by atoms with Crippen molar-refractivity contribution in [3.05, 3.63) is 0 Å². The summed E-state index contributed by atoms with van der Waals surface area (Å²) in [5.41, 5.74) is 0. The van der Waals surface area contributed by atoms with Crippen LogP contribution >= 0.6 is 0 Å². The summed E-state index contributed by atoms with van der Waals surface area (Å²) in [6.07, 6.45) is 5.77. The van der Waals surface area contributed by atoms with Crippen LogP contribution in [-0.2, 0) is 0 Å². The van der Waals surface area contributed by atoms with E-state index in [2.05, 4.69) is 19.4 Å². The van der Waals surface area contributed by atoms with E-state index < -0.39 is 0 Å². The first kappa shape index (κ1) is 9.01. The Labute approximate surface area is 70.0 Å². The summed E-state index contributed by atoms with van der Waals surface area (Å²) in [4.78, 5) is 1.59. The predicted molar refractivity (Wildman–Crippen MR) is 46.7 cm³/mol. The maximum atomic E-state index is 2.54. The Kier molecular flexibility index (Phi) is 3.87. The molecule has 0 unspecified atom stereocenters. The van der Waals surface area contributed by atoms with Gasteiger partial charge in [-0.15, -0.1) is 0 Å². The molecule has 0 saturated carbocycles. The number of hydrogen-bond donors (Lipinski definition) is 2. The molecule has 66 valence electrons. The van der Waals surface area contributed by atoms with Gasteiger partial charge in [-0.25, -0.2) is 0 Å². The van der Waals surface area contributed by atoms with Crippen molar-refractivity contribution in [3.8, 4) is 0 Å². The minimum absolute atomic E-state index is 0.905. The van der Waals surface area contributed by atoms with E-state index in [9.17, 15) is 0 Å². The second-order valence-corrected chi connectivity index (χ2v) is 4.05. The fourth-order valence-electron chi connectivity index (χ4n) is 1.91. The maximum Gasteiger partial charge on any atom is 0.135 e. The van der Waals surface area contributed by atoms with Crippen molar-refractivity contribution >= 4 is 0 Å². The molecule has 0 amide bonds. The van der Waals surface area contributed by atoms with Crippen molar-refractivity contribution < 1.29 is 10.2 Å². The summed E-state index contributed by atoms with van der Waals surface area (Å²) < 4.78 is 0. The van der Waals surface area contributed by atoms with Crippen LogP contribution in [0.1, 0.15) is 25.7 Å². The van der Waals surface area contributed by atoms with Crippen LogP contribution in [0.2, 0.25) is 0 Å². The highest BCUT2D eigenvalue weighted by atomic mass is 15.1. The second kappa shape index (κ2) is 4.73. The van der Waals surface area contributed by atoms with Crippen LogP contribution in [-0.4, -0.2) is 33.2 Å². The van der Waals surface area contributed by atoms with Gasteiger partial charge in [0, 0.05) is 6.42 Å². The maximum absolute atomic E-state index is 2.54. The van der Waals surface area contributed by atoms with Crippen molar-refractivity contribution in [1.29, 1.82) is 0 Å². The summed E-state index contributed by atoms with van der Waals surface area (Å²) in [6, 6.07) is 0.905. The molecule has 0 aromatic carbocycles. The molecule has 0 aromatic rings. The van der Waals surface area contributed by atoms with Crippen LogP contribution in [0.4, 0.5) is 0 Å². The van der Waals surface area contributed by atoms with Crippen LogP contribution in [0.5, 0.6) is 0 Å². The number of rotatable bonds is 2. The SMILES string of the molecule is C[NH+](C)C[C@@H]1CCCCC[NH2+]1. The first-order valence-electron chi connectivity index (χ1n) is 4.91. The molecule has 2 nitrogen and oxygen atoms in total. The largest absolute Gasteiger partial charge is 0.339 e. The molecule has 0 aromatic heterocycles. The van der Waals surface area contributed by atoms with Crippen molar-refractivity contribution in [2.75, 3.05) is 27.2 Å². The lowest BCUT2D eigenvalue weighted by Crippen LogP contribution is -3.11. The first-order chi connectivity index (χ1) is 5.29. The normalized spacial score (nSPS) is 27.0. The summed E-state index contributed by atoms with van der Waals surface area (Å²) >= 11 is 0. The Morgan fingerprint density at radius 1 is 1.27 bits per heavy atom. The topological polar surface area (TPSA) is 21.1 Å². The van der Waals surface area contributed by atoms with Gasteiger partial charge in [0.1, 0.15) is 12.6 Å². The lowest BCUT2D eigenvalue weighted by molar-refractivity contribution is -0.883. The van der Waals surface area contributed by atoms with Gasteiger partial charge in [-0.05, 0) is 19.3 Å². The Morgan fingerprint density at radius 3 is 2.82 bits per heavy atom. The molecular weight excluding hydrogens is 136 g/mol. The number of quaternary nitrogens is 2. The standard InChI is InChI=1S/C9H20N2/c1-11(2)8-9-6-4-3-5-7-10-9/h9-10H,3-8H2,1-2H3/p+2/t9-/m0/s1. The van der Waals surface area contributed by atoms with E-state index in [0.29, 0.717) is 0 Å². The second-order valence-electron chi connectivity index (χ2n) is 4.05. The fourth-order valence-corrected chi connectivity index (χ4v) is 1.91. The molecule has 1 rings (SSSR count). The minimum atomic E-state index is 0.905. The highest BCUT2D eigenvalue weighted by molar-refractivity contribution is 4.55. The number of nitrogens with one attached hydrogen (secondary N) is 1. The molecule has 1 heterocycles. The molecule has 2 heteroatoms. The zero-order chi connectivity index (χ0) is 8.10. The average Bonchev–Trinajstić information content (AvgIpc) is 2.14. The van der Waals surface area contributed by atoms with Crippen LogP contribution < -0.4 is 10.2 Å². The monoisotopic (exact) mass is 158 g/mol. The summed E-state index contributed by atoms with van der Waals surface area (Å²) in [5, 5.41) is 2.54. The third-order valence-corrected chi connectivity index (χ3v) is 2.45. The molecule has 3 N–H and O–H groups in total.